The third kappa shape index (κ3) is 2.61. The number of aryl methyl sites for hydroxylation is 3. The van der Waals surface area contributed by atoms with E-state index in [2.05, 4.69) is 15.9 Å². The molecule has 134 valence electrons. The summed E-state index contributed by atoms with van der Waals surface area (Å²) in [5, 5.41) is 2.49. The maximum absolute atomic E-state index is 10.9. The van der Waals surface area contributed by atoms with Crippen molar-refractivity contribution in [1.82, 2.24) is 9.97 Å². The number of rotatable bonds is 3. The van der Waals surface area contributed by atoms with Crippen LogP contribution in [0, 0.1) is 6.92 Å². The number of aldehydes is 1. The van der Waals surface area contributed by atoms with E-state index >= 15 is 0 Å². The van der Waals surface area contributed by atoms with Gasteiger partial charge in [0.2, 0.25) is 0 Å². The van der Waals surface area contributed by atoms with Crippen LogP contribution in [0.5, 0.6) is 0 Å². The van der Waals surface area contributed by atoms with E-state index in [-0.39, 0.29) is 0 Å². The largest absolute Gasteiger partial charge is 0.360 e. The molecule has 1 aliphatic heterocycles. The number of fused-ring (bicyclic) bond motifs is 3. The Morgan fingerprint density at radius 3 is 2.62 bits per heavy atom. The molecule has 26 heavy (non-hydrogen) atoms. The number of aromatic nitrogens is 2. The topological polar surface area (TPSA) is 49.3 Å². The molecule has 0 N–H and O–H groups in total. The summed E-state index contributed by atoms with van der Waals surface area (Å²) in [4.78, 5) is 28.8. The van der Waals surface area contributed by atoms with Crippen molar-refractivity contribution >= 4 is 50.0 Å². The van der Waals surface area contributed by atoms with Gasteiger partial charge >= 0.3 is 0 Å². The molecule has 1 saturated heterocycles. The van der Waals surface area contributed by atoms with Crippen LogP contribution in [-0.2, 0) is 12.8 Å². The number of thiophene rings is 2. The molecule has 5 rings (SSSR count). The molecule has 1 aliphatic carbocycles. The molecule has 0 amide bonds. The van der Waals surface area contributed by atoms with Crippen LogP contribution >= 0.6 is 22.7 Å². The highest BCUT2D eigenvalue weighted by Gasteiger charge is 2.26. The predicted molar refractivity (Wildman–Crippen MR) is 108 cm³/mol. The van der Waals surface area contributed by atoms with Crippen molar-refractivity contribution in [2.45, 2.75) is 26.2 Å². The maximum Gasteiger partial charge on any atom is 0.160 e. The maximum atomic E-state index is 10.9. The molecule has 3 aromatic heterocycles. The normalized spacial score (nSPS) is 17.1. The van der Waals surface area contributed by atoms with Gasteiger partial charge in [-0.15, -0.1) is 22.7 Å². The second kappa shape index (κ2) is 6.32. The Balaban J connectivity index is 1.44. The highest BCUT2D eigenvalue weighted by molar-refractivity contribution is 7.19. The molecule has 0 spiro atoms. The number of hydrogen-bond acceptors (Lipinski definition) is 7. The molecule has 2 aliphatic rings. The highest BCUT2D eigenvalue weighted by atomic mass is 32.1. The summed E-state index contributed by atoms with van der Waals surface area (Å²) in [5.74, 6) is 2.00. The van der Waals surface area contributed by atoms with E-state index in [9.17, 15) is 4.79 Å². The average molecular weight is 385 g/mol. The summed E-state index contributed by atoms with van der Waals surface area (Å²) in [6.07, 6.45) is 4.55. The third-order valence-corrected chi connectivity index (χ3v) is 7.53. The van der Waals surface area contributed by atoms with Crippen molar-refractivity contribution in [2.75, 3.05) is 36.0 Å². The van der Waals surface area contributed by atoms with Crippen molar-refractivity contribution < 1.29 is 4.79 Å². The van der Waals surface area contributed by atoms with Crippen molar-refractivity contribution in [3.05, 3.63) is 33.3 Å². The quantitative estimate of drug-likeness (QED) is 0.645. The first-order chi connectivity index (χ1) is 12.7. The molecule has 0 saturated carbocycles. The fourth-order valence-electron chi connectivity index (χ4n) is 4.02. The van der Waals surface area contributed by atoms with Gasteiger partial charge in [0.25, 0.3) is 0 Å². The van der Waals surface area contributed by atoms with E-state index in [4.69, 9.17) is 9.97 Å². The summed E-state index contributed by atoms with van der Waals surface area (Å²) in [6.45, 7) is 5.80. The second-order valence-corrected chi connectivity index (χ2v) is 9.08. The summed E-state index contributed by atoms with van der Waals surface area (Å²) < 4.78 is 0. The second-order valence-electron chi connectivity index (χ2n) is 6.90. The molecule has 5 nitrogen and oxygen atoms in total. The molecular formula is C19H20N4OS2. The molecule has 1 fully saturated rings. The molecule has 7 heteroatoms. The lowest BCUT2D eigenvalue weighted by Gasteiger charge is -2.36. The van der Waals surface area contributed by atoms with E-state index in [0.717, 1.165) is 53.8 Å². The molecule has 0 bridgehead atoms. The zero-order valence-corrected chi connectivity index (χ0v) is 16.3. The number of piperazine rings is 1. The van der Waals surface area contributed by atoms with Gasteiger partial charge in [0.1, 0.15) is 16.5 Å². The van der Waals surface area contributed by atoms with Crippen molar-refractivity contribution in [2.24, 2.45) is 0 Å². The van der Waals surface area contributed by atoms with Crippen molar-refractivity contribution in [3.63, 3.8) is 0 Å². The lowest BCUT2D eigenvalue weighted by atomic mass is 10.1. The van der Waals surface area contributed by atoms with Crippen LogP contribution in [0.3, 0.4) is 0 Å². The summed E-state index contributed by atoms with van der Waals surface area (Å²) in [6, 6.07) is 3.97. The minimum Gasteiger partial charge on any atom is -0.360 e. The first kappa shape index (κ1) is 16.2. The number of carbonyl (C=O) groups is 1. The van der Waals surface area contributed by atoms with Gasteiger partial charge in [-0.25, -0.2) is 9.97 Å². The Morgan fingerprint density at radius 1 is 1.04 bits per heavy atom. The van der Waals surface area contributed by atoms with Crippen molar-refractivity contribution in [3.8, 4) is 0 Å². The van der Waals surface area contributed by atoms with Gasteiger partial charge in [0, 0.05) is 31.1 Å². The lowest BCUT2D eigenvalue weighted by Crippen LogP contribution is -2.46. The Labute approximate surface area is 160 Å². The zero-order chi connectivity index (χ0) is 17.7. The Kier molecular flexibility index (Phi) is 3.94. The van der Waals surface area contributed by atoms with Gasteiger partial charge in [-0.05, 0) is 43.9 Å². The van der Waals surface area contributed by atoms with Crippen LogP contribution in [0.15, 0.2) is 12.1 Å². The van der Waals surface area contributed by atoms with Crippen LogP contribution < -0.4 is 9.80 Å². The highest BCUT2D eigenvalue weighted by Crippen LogP contribution is 2.41. The molecule has 0 unspecified atom stereocenters. The molecule has 4 heterocycles. The van der Waals surface area contributed by atoms with Crippen LogP contribution in [0.25, 0.3) is 10.2 Å². The van der Waals surface area contributed by atoms with Gasteiger partial charge in [-0.3, -0.25) is 4.79 Å². The van der Waals surface area contributed by atoms with E-state index in [1.54, 1.807) is 11.3 Å². The number of anilines is 2. The van der Waals surface area contributed by atoms with Gasteiger partial charge in [0.15, 0.2) is 6.29 Å². The smallest absolute Gasteiger partial charge is 0.160 e. The Bertz CT molecular complexity index is 985. The number of carbonyl (C=O) groups excluding carboxylic acids is 1. The minimum atomic E-state index is 0.796. The monoisotopic (exact) mass is 384 g/mol. The Morgan fingerprint density at radius 2 is 1.85 bits per heavy atom. The van der Waals surface area contributed by atoms with Gasteiger partial charge in [0.05, 0.1) is 15.3 Å². The standard InChI is InChI=1S/C19H20N4OS2/c1-12-20-18(17-14-3-2-4-15(14)26-19(17)21-12)23-9-7-22(8-10-23)16-6-5-13(11-24)25-16/h5-6,11H,2-4,7-10H2,1H3. The van der Waals surface area contributed by atoms with Crippen molar-refractivity contribution in [1.29, 1.82) is 0 Å². The fraction of sp³-hybridized carbons (Fsp3) is 0.421. The van der Waals surface area contributed by atoms with E-state index in [1.807, 2.05) is 24.3 Å². The van der Waals surface area contributed by atoms with Crippen LogP contribution in [0.1, 0.15) is 32.4 Å². The van der Waals surface area contributed by atoms with Gasteiger partial charge < -0.3 is 9.80 Å². The van der Waals surface area contributed by atoms with E-state index in [1.165, 1.54) is 40.1 Å². The average Bonchev–Trinajstić information content (AvgIpc) is 3.36. The Hall–Kier alpha value is -1.99. The van der Waals surface area contributed by atoms with Gasteiger partial charge in [-0.1, -0.05) is 0 Å². The zero-order valence-electron chi connectivity index (χ0n) is 14.7. The lowest BCUT2D eigenvalue weighted by molar-refractivity contribution is 0.112. The molecule has 3 aromatic rings. The van der Waals surface area contributed by atoms with Gasteiger partial charge in [-0.2, -0.15) is 0 Å². The summed E-state index contributed by atoms with van der Waals surface area (Å²) in [5.41, 5.74) is 1.50. The third-order valence-electron chi connectivity index (χ3n) is 5.28. The predicted octanol–water partition coefficient (Wildman–Crippen LogP) is 3.69. The first-order valence-corrected chi connectivity index (χ1v) is 10.7. The van der Waals surface area contributed by atoms with E-state index < -0.39 is 0 Å². The minimum absolute atomic E-state index is 0.796. The summed E-state index contributed by atoms with van der Waals surface area (Å²) in [7, 11) is 0. The van der Waals surface area contributed by atoms with E-state index in [0.29, 0.717) is 0 Å². The SMILES string of the molecule is Cc1nc(N2CCN(c3ccc(C=O)s3)CC2)c2c3c(sc2n1)CCC3. The number of nitrogens with zero attached hydrogens (tertiary/aromatic N) is 4. The van der Waals surface area contributed by atoms with Crippen LogP contribution in [-0.4, -0.2) is 42.4 Å². The molecular weight excluding hydrogens is 364 g/mol. The summed E-state index contributed by atoms with van der Waals surface area (Å²) >= 11 is 3.44. The first-order valence-electron chi connectivity index (χ1n) is 9.07. The molecule has 0 atom stereocenters. The molecule has 0 radical (unpaired) electrons. The fourth-order valence-corrected chi connectivity index (χ4v) is 6.20. The number of hydrogen-bond donors (Lipinski definition) is 0. The van der Waals surface area contributed by atoms with Crippen LogP contribution in [0.4, 0.5) is 10.8 Å². The molecule has 0 aromatic carbocycles. The van der Waals surface area contributed by atoms with Crippen LogP contribution in [0.2, 0.25) is 0 Å².